The minimum absolute atomic E-state index is 0.828. The van der Waals surface area contributed by atoms with Gasteiger partial charge in [0.25, 0.3) is 0 Å². The van der Waals surface area contributed by atoms with Gasteiger partial charge in [0.1, 0.15) is 0 Å². The summed E-state index contributed by atoms with van der Waals surface area (Å²) in [6, 6.07) is 1.86. The van der Waals surface area contributed by atoms with Crippen molar-refractivity contribution in [3.05, 3.63) is 34.5 Å². The van der Waals surface area contributed by atoms with Gasteiger partial charge in [-0.15, -0.1) is 11.3 Å². The van der Waals surface area contributed by atoms with Crippen LogP contribution in [0.15, 0.2) is 29.6 Å². The number of aryl methyl sites for hydroxylation is 1. The zero-order valence-corrected chi connectivity index (χ0v) is 19.0. The molecule has 0 amide bonds. The van der Waals surface area contributed by atoms with Crippen molar-refractivity contribution in [1.82, 2.24) is 30.5 Å². The second kappa shape index (κ2) is 12.4. The molecule has 0 radical (unpaired) electrons. The lowest BCUT2D eigenvalue weighted by molar-refractivity contribution is 0.255. The first-order valence-electron chi connectivity index (χ1n) is 11.0. The van der Waals surface area contributed by atoms with Gasteiger partial charge in [-0.05, 0) is 25.8 Å². The highest BCUT2D eigenvalue weighted by Gasteiger charge is 2.18. The predicted molar refractivity (Wildman–Crippen MR) is 124 cm³/mol. The smallest absolute Gasteiger partial charge is 0.225 e. The summed E-state index contributed by atoms with van der Waals surface area (Å²) < 4.78 is 0. The van der Waals surface area contributed by atoms with Crippen LogP contribution in [0.4, 0.5) is 5.95 Å². The fourth-order valence-electron chi connectivity index (χ4n) is 3.37. The molecule has 3 rings (SSSR count). The molecule has 0 aromatic carbocycles. The van der Waals surface area contributed by atoms with Crippen LogP contribution < -0.4 is 15.5 Å². The molecule has 1 fully saturated rings. The average molecular weight is 431 g/mol. The van der Waals surface area contributed by atoms with Gasteiger partial charge in [-0.3, -0.25) is 9.89 Å². The van der Waals surface area contributed by atoms with Crippen molar-refractivity contribution >= 4 is 23.2 Å². The lowest BCUT2D eigenvalue weighted by atomic mass is 10.3. The first-order valence-corrected chi connectivity index (χ1v) is 11.8. The van der Waals surface area contributed by atoms with Crippen LogP contribution >= 0.6 is 11.3 Å². The Balaban J connectivity index is 1.33. The lowest BCUT2D eigenvalue weighted by Crippen LogP contribution is -2.47. The molecule has 2 aromatic heterocycles. The van der Waals surface area contributed by atoms with Gasteiger partial charge in [0.2, 0.25) is 5.95 Å². The monoisotopic (exact) mass is 430 g/mol. The Morgan fingerprint density at radius 1 is 1.10 bits per heavy atom. The van der Waals surface area contributed by atoms with Crippen molar-refractivity contribution < 1.29 is 0 Å². The van der Waals surface area contributed by atoms with E-state index in [1.807, 2.05) is 24.7 Å². The number of hydrogen-bond acceptors (Lipinski definition) is 7. The Morgan fingerprint density at radius 3 is 2.60 bits per heavy atom. The van der Waals surface area contributed by atoms with Gasteiger partial charge in [-0.25, -0.2) is 15.0 Å². The molecule has 3 heterocycles. The van der Waals surface area contributed by atoms with Crippen LogP contribution in [0.5, 0.6) is 0 Å². The number of aliphatic imine (C=N–C) groups is 1. The number of guanidine groups is 1. The normalized spacial score (nSPS) is 15.4. The molecule has 0 aliphatic carbocycles. The highest BCUT2D eigenvalue weighted by atomic mass is 32.1. The van der Waals surface area contributed by atoms with E-state index in [-0.39, 0.29) is 0 Å². The van der Waals surface area contributed by atoms with Gasteiger partial charge in [0, 0.05) is 82.2 Å². The first kappa shape index (κ1) is 22.4. The molecule has 8 nitrogen and oxygen atoms in total. The van der Waals surface area contributed by atoms with E-state index < -0.39 is 0 Å². The summed E-state index contributed by atoms with van der Waals surface area (Å²) in [5.41, 5.74) is 0. The summed E-state index contributed by atoms with van der Waals surface area (Å²) in [7, 11) is 0. The quantitative estimate of drug-likeness (QED) is 0.338. The highest BCUT2D eigenvalue weighted by molar-refractivity contribution is 7.11. The van der Waals surface area contributed by atoms with E-state index in [0.717, 1.165) is 83.5 Å². The van der Waals surface area contributed by atoms with E-state index in [1.165, 1.54) is 9.88 Å². The molecule has 0 spiro atoms. The molecule has 30 heavy (non-hydrogen) atoms. The lowest BCUT2D eigenvalue weighted by Gasteiger charge is -2.34. The summed E-state index contributed by atoms with van der Waals surface area (Å²) in [6.45, 7) is 12.0. The fourth-order valence-corrected chi connectivity index (χ4v) is 4.23. The number of piperazine rings is 1. The maximum atomic E-state index is 4.73. The van der Waals surface area contributed by atoms with E-state index in [4.69, 9.17) is 4.99 Å². The van der Waals surface area contributed by atoms with Crippen molar-refractivity contribution in [1.29, 1.82) is 0 Å². The Labute approximate surface area is 183 Å². The van der Waals surface area contributed by atoms with Gasteiger partial charge in [0.15, 0.2) is 5.96 Å². The Hall–Kier alpha value is -2.26. The number of hydrogen-bond donors (Lipinski definition) is 2. The summed E-state index contributed by atoms with van der Waals surface area (Å²) in [6.07, 6.45) is 8.66. The number of nitrogens with one attached hydrogen (secondary N) is 2. The van der Waals surface area contributed by atoms with Crippen molar-refractivity contribution in [3.8, 4) is 0 Å². The van der Waals surface area contributed by atoms with Gasteiger partial charge in [0.05, 0.1) is 5.01 Å². The van der Waals surface area contributed by atoms with Crippen LogP contribution in [0, 0.1) is 0 Å². The second-order valence-electron chi connectivity index (χ2n) is 7.24. The molecule has 0 unspecified atom stereocenters. The standard InChI is InChI=1S/C21H34N8S/c1-3-18-17-27-19(30-18)7-11-24-20(22-4-2)23-10-6-12-28-13-15-29(16-14-28)21-25-8-5-9-26-21/h5,8-9,17H,3-4,6-7,10-16H2,1-2H3,(H2,22,23,24). The zero-order valence-electron chi connectivity index (χ0n) is 18.2. The molecular weight excluding hydrogens is 396 g/mol. The van der Waals surface area contributed by atoms with Crippen LogP contribution in [0.1, 0.15) is 30.2 Å². The molecule has 1 saturated heterocycles. The minimum Gasteiger partial charge on any atom is -0.357 e. The van der Waals surface area contributed by atoms with E-state index in [1.54, 1.807) is 11.3 Å². The molecule has 0 saturated carbocycles. The molecule has 1 aliphatic heterocycles. The van der Waals surface area contributed by atoms with Gasteiger partial charge in [-0.1, -0.05) is 6.92 Å². The van der Waals surface area contributed by atoms with Crippen LogP contribution in [-0.2, 0) is 12.8 Å². The Kier molecular flexibility index (Phi) is 9.30. The van der Waals surface area contributed by atoms with Gasteiger partial charge in [-0.2, -0.15) is 0 Å². The summed E-state index contributed by atoms with van der Waals surface area (Å²) in [5, 5.41) is 7.96. The topological polar surface area (TPSA) is 81.6 Å². The van der Waals surface area contributed by atoms with E-state index in [2.05, 4.69) is 49.2 Å². The Bertz CT molecular complexity index is 755. The molecule has 0 atom stereocenters. The third kappa shape index (κ3) is 7.21. The summed E-state index contributed by atoms with van der Waals surface area (Å²) in [4.78, 5) is 24.0. The van der Waals surface area contributed by atoms with Gasteiger partial charge >= 0.3 is 0 Å². The fraction of sp³-hybridized carbons (Fsp3) is 0.619. The van der Waals surface area contributed by atoms with Crippen LogP contribution in [-0.4, -0.2) is 78.2 Å². The van der Waals surface area contributed by atoms with Crippen molar-refractivity contribution in [2.45, 2.75) is 33.1 Å². The molecule has 0 bridgehead atoms. The number of thiazole rings is 1. The maximum Gasteiger partial charge on any atom is 0.225 e. The van der Waals surface area contributed by atoms with Crippen LogP contribution in [0.25, 0.3) is 0 Å². The second-order valence-corrected chi connectivity index (χ2v) is 8.44. The van der Waals surface area contributed by atoms with Crippen LogP contribution in [0.3, 0.4) is 0 Å². The predicted octanol–water partition coefficient (Wildman–Crippen LogP) is 1.81. The van der Waals surface area contributed by atoms with Gasteiger partial charge < -0.3 is 15.5 Å². The first-order chi connectivity index (χ1) is 14.8. The number of nitrogens with zero attached hydrogens (tertiary/aromatic N) is 6. The molecule has 164 valence electrons. The van der Waals surface area contributed by atoms with E-state index in [0.29, 0.717) is 0 Å². The van der Waals surface area contributed by atoms with E-state index in [9.17, 15) is 0 Å². The molecule has 1 aliphatic rings. The molecule has 2 N–H and O–H groups in total. The van der Waals surface area contributed by atoms with Crippen molar-refractivity contribution in [2.24, 2.45) is 4.99 Å². The number of anilines is 1. The zero-order chi connectivity index (χ0) is 21.0. The average Bonchev–Trinajstić information content (AvgIpc) is 3.26. The van der Waals surface area contributed by atoms with Crippen LogP contribution in [0.2, 0.25) is 0 Å². The van der Waals surface area contributed by atoms with Crippen molar-refractivity contribution in [3.63, 3.8) is 0 Å². The third-order valence-corrected chi connectivity index (χ3v) is 6.24. The maximum absolute atomic E-state index is 4.73. The molecule has 9 heteroatoms. The number of rotatable bonds is 10. The summed E-state index contributed by atoms with van der Waals surface area (Å²) >= 11 is 1.81. The largest absolute Gasteiger partial charge is 0.357 e. The minimum atomic E-state index is 0.828. The Morgan fingerprint density at radius 2 is 1.90 bits per heavy atom. The molecule has 2 aromatic rings. The molecular formula is C21H34N8S. The summed E-state index contributed by atoms with van der Waals surface area (Å²) in [5.74, 6) is 1.74. The van der Waals surface area contributed by atoms with Crippen molar-refractivity contribution in [2.75, 3.05) is 57.3 Å². The number of aromatic nitrogens is 3. The third-order valence-electron chi connectivity index (χ3n) is 5.04. The highest BCUT2D eigenvalue weighted by Crippen LogP contribution is 2.13. The van der Waals surface area contributed by atoms with E-state index >= 15 is 0 Å². The SMILES string of the molecule is CCNC(=NCCCN1CCN(c2ncccn2)CC1)NCCc1ncc(CC)s1.